The van der Waals surface area contributed by atoms with Crippen LogP contribution in [0.5, 0.6) is 0 Å². The largest absolute Gasteiger partial charge is 0.452 e. The summed E-state index contributed by atoms with van der Waals surface area (Å²) in [5.74, 6) is -1.56. The van der Waals surface area contributed by atoms with Gasteiger partial charge in [-0.25, -0.2) is 9.18 Å². The van der Waals surface area contributed by atoms with E-state index in [4.69, 9.17) is 4.74 Å². The summed E-state index contributed by atoms with van der Waals surface area (Å²) < 4.78 is 18.0. The Bertz CT molecular complexity index is 733. The zero-order chi connectivity index (χ0) is 17.7. The molecular formula is C19H20FNO3. The summed E-state index contributed by atoms with van der Waals surface area (Å²) in [6.45, 7) is 5.81. The van der Waals surface area contributed by atoms with Crippen molar-refractivity contribution < 1.29 is 18.7 Å². The van der Waals surface area contributed by atoms with Crippen LogP contribution in [0.1, 0.15) is 36.7 Å². The van der Waals surface area contributed by atoms with Crippen LogP contribution in [-0.4, -0.2) is 18.5 Å². The molecule has 126 valence electrons. The average Bonchev–Trinajstić information content (AvgIpc) is 2.52. The van der Waals surface area contributed by atoms with Crippen LogP contribution in [0.3, 0.4) is 0 Å². The van der Waals surface area contributed by atoms with Gasteiger partial charge in [0.05, 0.1) is 5.56 Å². The summed E-state index contributed by atoms with van der Waals surface area (Å²) in [6.07, 6.45) is 0. The van der Waals surface area contributed by atoms with Crippen LogP contribution in [0.2, 0.25) is 0 Å². The third-order valence-electron chi connectivity index (χ3n) is 3.43. The first-order chi connectivity index (χ1) is 11.3. The minimum Gasteiger partial charge on any atom is -0.452 e. The molecule has 2 aromatic carbocycles. The number of amides is 1. The van der Waals surface area contributed by atoms with Gasteiger partial charge >= 0.3 is 5.97 Å². The van der Waals surface area contributed by atoms with Crippen LogP contribution < -0.4 is 5.32 Å². The maximum absolute atomic E-state index is 13.0. The predicted octanol–water partition coefficient (Wildman–Crippen LogP) is 3.92. The van der Waals surface area contributed by atoms with Crippen molar-refractivity contribution in [1.29, 1.82) is 0 Å². The van der Waals surface area contributed by atoms with E-state index in [0.717, 1.165) is 5.56 Å². The van der Waals surface area contributed by atoms with E-state index in [1.807, 2.05) is 12.1 Å². The molecule has 0 aromatic heterocycles. The molecule has 0 saturated carbocycles. The van der Waals surface area contributed by atoms with Crippen LogP contribution in [0, 0.1) is 5.82 Å². The van der Waals surface area contributed by atoms with Crippen molar-refractivity contribution in [3.8, 4) is 0 Å². The molecule has 2 rings (SSSR count). The van der Waals surface area contributed by atoms with Crippen molar-refractivity contribution in [2.75, 3.05) is 11.9 Å². The number of nitrogens with one attached hydrogen (secondary N) is 1. The van der Waals surface area contributed by atoms with Gasteiger partial charge in [-0.2, -0.15) is 0 Å². The van der Waals surface area contributed by atoms with Gasteiger partial charge in [-0.3, -0.25) is 4.79 Å². The van der Waals surface area contributed by atoms with Crippen LogP contribution >= 0.6 is 0 Å². The number of carbonyl (C=O) groups excluding carboxylic acids is 2. The molecule has 2 aromatic rings. The van der Waals surface area contributed by atoms with Gasteiger partial charge in [-0.05, 0) is 41.3 Å². The summed E-state index contributed by atoms with van der Waals surface area (Å²) in [5, 5.41) is 2.46. The summed E-state index contributed by atoms with van der Waals surface area (Å²) in [6, 6.07) is 12.6. The van der Waals surface area contributed by atoms with E-state index in [1.54, 1.807) is 18.2 Å². The normalized spacial score (nSPS) is 11.0. The Hall–Kier alpha value is -2.69. The van der Waals surface area contributed by atoms with E-state index < -0.39 is 24.3 Å². The monoisotopic (exact) mass is 329 g/mol. The van der Waals surface area contributed by atoms with E-state index in [2.05, 4.69) is 26.1 Å². The molecule has 24 heavy (non-hydrogen) atoms. The molecule has 0 fully saturated rings. The van der Waals surface area contributed by atoms with Gasteiger partial charge in [0.15, 0.2) is 6.61 Å². The van der Waals surface area contributed by atoms with Crippen LogP contribution in [0.4, 0.5) is 10.1 Å². The predicted molar refractivity (Wildman–Crippen MR) is 90.5 cm³/mol. The summed E-state index contributed by atoms with van der Waals surface area (Å²) in [5.41, 5.74) is 1.78. The highest BCUT2D eigenvalue weighted by Crippen LogP contribution is 2.22. The van der Waals surface area contributed by atoms with Crippen LogP contribution in [0.15, 0.2) is 48.5 Å². The van der Waals surface area contributed by atoms with E-state index >= 15 is 0 Å². The Morgan fingerprint density at radius 2 is 1.75 bits per heavy atom. The molecule has 0 aliphatic rings. The fourth-order valence-corrected chi connectivity index (χ4v) is 2.08. The number of benzene rings is 2. The molecule has 0 radical (unpaired) electrons. The molecule has 0 atom stereocenters. The highest BCUT2D eigenvalue weighted by Gasteiger charge is 2.15. The number of anilines is 1. The van der Waals surface area contributed by atoms with Gasteiger partial charge in [-0.15, -0.1) is 0 Å². The molecule has 1 amide bonds. The second-order valence-electron chi connectivity index (χ2n) is 6.46. The van der Waals surface area contributed by atoms with Crippen LogP contribution in [0.25, 0.3) is 0 Å². The van der Waals surface area contributed by atoms with E-state index in [-0.39, 0.29) is 5.41 Å². The molecule has 5 heteroatoms. The van der Waals surface area contributed by atoms with Crippen molar-refractivity contribution in [2.24, 2.45) is 0 Å². The SMILES string of the molecule is CC(C)(C)c1ccc(C(=O)OCC(=O)Nc2cccc(F)c2)cc1. The lowest BCUT2D eigenvalue weighted by Gasteiger charge is -2.18. The summed E-state index contributed by atoms with van der Waals surface area (Å²) >= 11 is 0. The van der Waals surface area contributed by atoms with E-state index in [9.17, 15) is 14.0 Å². The number of carbonyl (C=O) groups is 2. The molecule has 1 N–H and O–H groups in total. The second-order valence-corrected chi connectivity index (χ2v) is 6.46. The molecule has 0 bridgehead atoms. The molecule has 4 nitrogen and oxygen atoms in total. The number of hydrogen-bond donors (Lipinski definition) is 1. The lowest BCUT2D eigenvalue weighted by Crippen LogP contribution is -2.21. The Labute approximate surface area is 140 Å². The van der Waals surface area contributed by atoms with E-state index in [1.165, 1.54) is 18.2 Å². The highest BCUT2D eigenvalue weighted by atomic mass is 19.1. The van der Waals surface area contributed by atoms with Crippen LogP contribution in [-0.2, 0) is 14.9 Å². The summed E-state index contributed by atoms with van der Waals surface area (Å²) in [7, 11) is 0. The fourth-order valence-electron chi connectivity index (χ4n) is 2.08. The first-order valence-electron chi connectivity index (χ1n) is 7.59. The molecule has 0 aliphatic carbocycles. The Morgan fingerprint density at radius 3 is 2.33 bits per heavy atom. The summed E-state index contributed by atoms with van der Waals surface area (Å²) in [4.78, 5) is 23.7. The molecular weight excluding hydrogens is 309 g/mol. The molecule has 0 spiro atoms. The number of esters is 1. The maximum Gasteiger partial charge on any atom is 0.338 e. The van der Waals surface area contributed by atoms with Gasteiger partial charge in [0, 0.05) is 5.69 Å². The zero-order valence-corrected chi connectivity index (χ0v) is 13.9. The standard InChI is InChI=1S/C19H20FNO3/c1-19(2,3)14-9-7-13(8-10-14)18(23)24-12-17(22)21-16-6-4-5-15(20)11-16/h4-11H,12H2,1-3H3,(H,21,22). The van der Waals surface area contributed by atoms with Crippen molar-refractivity contribution in [3.63, 3.8) is 0 Å². The smallest absolute Gasteiger partial charge is 0.338 e. The van der Waals surface area contributed by atoms with Crippen molar-refractivity contribution in [2.45, 2.75) is 26.2 Å². The topological polar surface area (TPSA) is 55.4 Å². The zero-order valence-electron chi connectivity index (χ0n) is 13.9. The van der Waals surface area contributed by atoms with Crippen molar-refractivity contribution >= 4 is 17.6 Å². The highest BCUT2D eigenvalue weighted by molar-refractivity contribution is 5.95. The average molecular weight is 329 g/mol. The van der Waals surface area contributed by atoms with Gasteiger partial charge < -0.3 is 10.1 Å². The Balaban J connectivity index is 1.89. The van der Waals surface area contributed by atoms with Gasteiger partial charge in [0.25, 0.3) is 5.91 Å². The number of rotatable bonds is 4. The first kappa shape index (κ1) is 17.7. The van der Waals surface area contributed by atoms with Gasteiger partial charge in [0.2, 0.25) is 0 Å². The number of halogens is 1. The molecule has 0 heterocycles. The minimum absolute atomic E-state index is 0.00667. The van der Waals surface area contributed by atoms with Gasteiger partial charge in [-0.1, -0.05) is 39.0 Å². The Morgan fingerprint density at radius 1 is 1.08 bits per heavy atom. The third kappa shape index (κ3) is 4.91. The Kier molecular flexibility index (Phi) is 5.34. The molecule has 0 aliphatic heterocycles. The fraction of sp³-hybridized carbons (Fsp3) is 0.263. The number of ether oxygens (including phenoxy) is 1. The quantitative estimate of drug-likeness (QED) is 0.865. The second kappa shape index (κ2) is 7.25. The lowest BCUT2D eigenvalue weighted by molar-refractivity contribution is -0.119. The third-order valence-corrected chi connectivity index (χ3v) is 3.43. The lowest BCUT2D eigenvalue weighted by atomic mass is 9.87. The molecule has 0 saturated heterocycles. The van der Waals surface area contributed by atoms with Crippen molar-refractivity contribution in [3.05, 3.63) is 65.5 Å². The molecule has 0 unspecified atom stereocenters. The minimum atomic E-state index is -0.579. The van der Waals surface area contributed by atoms with E-state index in [0.29, 0.717) is 11.3 Å². The number of hydrogen-bond acceptors (Lipinski definition) is 3. The maximum atomic E-state index is 13.0. The van der Waals surface area contributed by atoms with Gasteiger partial charge in [0.1, 0.15) is 5.82 Å². The first-order valence-corrected chi connectivity index (χ1v) is 7.59. The van der Waals surface area contributed by atoms with Crippen molar-refractivity contribution in [1.82, 2.24) is 0 Å².